The second kappa shape index (κ2) is 7.59. The van der Waals surface area contributed by atoms with Crippen LogP contribution in [-0.4, -0.2) is 60.2 Å². The Balaban J connectivity index is 1.27. The molecule has 0 aliphatic carbocycles. The maximum absolute atomic E-state index is 6.19. The molecule has 2 aliphatic rings. The smallest absolute Gasteiger partial charge is 0.225 e. The van der Waals surface area contributed by atoms with Crippen LogP contribution >= 0.6 is 0 Å². The van der Waals surface area contributed by atoms with E-state index in [2.05, 4.69) is 43.0 Å². The summed E-state index contributed by atoms with van der Waals surface area (Å²) in [7, 11) is 0. The minimum absolute atomic E-state index is 0.628. The van der Waals surface area contributed by atoms with Crippen LogP contribution in [0.1, 0.15) is 11.1 Å². The van der Waals surface area contributed by atoms with Gasteiger partial charge in [-0.2, -0.15) is 0 Å². The summed E-state index contributed by atoms with van der Waals surface area (Å²) in [5.41, 5.74) is 8.79. The molecule has 2 N–H and O–H groups in total. The van der Waals surface area contributed by atoms with E-state index >= 15 is 0 Å². The van der Waals surface area contributed by atoms with Crippen LogP contribution in [0.3, 0.4) is 0 Å². The number of aliphatic imine (C=N–C) groups is 1. The number of aromatic nitrogens is 2. The van der Waals surface area contributed by atoms with E-state index in [1.807, 2.05) is 6.07 Å². The van der Waals surface area contributed by atoms with Crippen molar-refractivity contribution in [1.29, 1.82) is 0 Å². The molecule has 136 valence electrons. The third-order valence-electron chi connectivity index (χ3n) is 4.87. The molecular weight excluding hydrogens is 328 g/mol. The fourth-order valence-electron chi connectivity index (χ4n) is 3.39. The van der Waals surface area contributed by atoms with E-state index in [-0.39, 0.29) is 0 Å². The number of anilines is 1. The summed E-state index contributed by atoms with van der Waals surface area (Å²) in [6.45, 7) is 4.88. The standard InChI is InChI=1S/C19H24N6O/c20-18(21-8-4-15-2-3-17-16(14-15)5-13-26-17)24-9-11-25(12-10-24)19-22-6-1-7-23-19/h1-3,6-7,14H,4-5,8-13H2,(H2,20,21). The first kappa shape index (κ1) is 16.6. The first-order valence-corrected chi connectivity index (χ1v) is 9.11. The van der Waals surface area contributed by atoms with Crippen LogP contribution in [0.15, 0.2) is 41.7 Å². The number of fused-ring (bicyclic) bond motifs is 1. The summed E-state index contributed by atoms with van der Waals surface area (Å²) < 4.78 is 5.55. The summed E-state index contributed by atoms with van der Waals surface area (Å²) in [5.74, 6) is 2.43. The van der Waals surface area contributed by atoms with Crippen molar-refractivity contribution in [3.63, 3.8) is 0 Å². The van der Waals surface area contributed by atoms with Crippen molar-refractivity contribution in [2.24, 2.45) is 10.7 Å². The summed E-state index contributed by atoms with van der Waals surface area (Å²) in [4.78, 5) is 17.5. The van der Waals surface area contributed by atoms with Gasteiger partial charge in [0.05, 0.1) is 6.61 Å². The molecule has 1 fully saturated rings. The third kappa shape index (κ3) is 3.71. The van der Waals surface area contributed by atoms with Crippen molar-refractivity contribution < 1.29 is 4.74 Å². The van der Waals surface area contributed by atoms with Crippen LogP contribution in [-0.2, 0) is 12.8 Å². The van der Waals surface area contributed by atoms with Crippen molar-refractivity contribution in [2.45, 2.75) is 12.8 Å². The van der Waals surface area contributed by atoms with Gasteiger partial charge in [-0.25, -0.2) is 9.97 Å². The summed E-state index contributed by atoms with van der Waals surface area (Å²) in [6.07, 6.45) is 5.45. The molecule has 0 atom stereocenters. The first-order valence-electron chi connectivity index (χ1n) is 9.11. The molecule has 0 bridgehead atoms. The molecular formula is C19H24N6O. The molecule has 7 heteroatoms. The second-order valence-corrected chi connectivity index (χ2v) is 6.55. The number of hydrogen-bond acceptors (Lipinski definition) is 5. The number of hydrogen-bond donors (Lipinski definition) is 1. The zero-order valence-corrected chi connectivity index (χ0v) is 14.8. The Morgan fingerprint density at radius 1 is 1.15 bits per heavy atom. The maximum atomic E-state index is 6.19. The fourth-order valence-corrected chi connectivity index (χ4v) is 3.39. The third-order valence-corrected chi connectivity index (χ3v) is 4.87. The van der Waals surface area contributed by atoms with Crippen LogP contribution in [0.25, 0.3) is 0 Å². The van der Waals surface area contributed by atoms with Crippen molar-refractivity contribution in [2.75, 3.05) is 44.2 Å². The Morgan fingerprint density at radius 3 is 2.77 bits per heavy atom. The van der Waals surface area contributed by atoms with Crippen molar-refractivity contribution in [3.05, 3.63) is 47.8 Å². The molecule has 0 saturated carbocycles. The zero-order chi connectivity index (χ0) is 17.8. The SMILES string of the molecule is NC(=NCCc1ccc2c(c1)CCO2)N1CCN(c2ncccn2)CC1. The van der Waals surface area contributed by atoms with Gasteiger partial charge in [0.1, 0.15) is 5.75 Å². The lowest BCUT2D eigenvalue weighted by molar-refractivity contribution is 0.357. The quantitative estimate of drug-likeness (QED) is 0.655. The molecule has 3 heterocycles. The molecule has 1 saturated heterocycles. The lowest BCUT2D eigenvalue weighted by atomic mass is 10.1. The predicted octanol–water partition coefficient (Wildman–Crippen LogP) is 1.09. The minimum Gasteiger partial charge on any atom is -0.493 e. The lowest BCUT2D eigenvalue weighted by Crippen LogP contribution is -2.51. The number of piperazine rings is 1. The Hall–Kier alpha value is -2.83. The highest BCUT2D eigenvalue weighted by molar-refractivity contribution is 5.78. The van der Waals surface area contributed by atoms with Gasteiger partial charge in [-0.15, -0.1) is 0 Å². The molecule has 2 aromatic rings. The number of rotatable bonds is 4. The molecule has 4 rings (SSSR count). The number of ether oxygens (including phenoxy) is 1. The minimum atomic E-state index is 0.628. The largest absolute Gasteiger partial charge is 0.493 e. The average molecular weight is 352 g/mol. The van der Waals surface area contributed by atoms with Crippen molar-refractivity contribution in [3.8, 4) is 5.75 Å². The predicted molar refractivity (Wildman–Crippen MR) is 102 cm³/mol. The molecule has 26 heavy (non-hydrogen) atoms. The van der Waals surface area contributed by atoms with Gasteiger partial charge in [0.25, 0.3) is 0 Å². The van der Waals surface area contributed by atoms with Gasteiger partial charge in [0.2, 0.25) is 5.95 Å². The molecule has 1 aromatic heterocycles. The van der Waals surface area contributed by atoms with Gasteiger partial charge in [0, 0.05) is 51.5 Å². The van der Waals surface area contributed by atoms with E-state index in [0.29, 0.717) is 12.5 Å². The van der Waals surface area contributed by atoms with Gasteiger partial charge < -0.3 is 20.3 Å². The van der Waals surface area contributed by atoms with Crippen LogP contribution in [0.4, 0.5) is 5.95 Å². The Labute approximate surface area is 153 Å². The molecule has 7 nitrogen and oxygen atoms in total. The molecule has 2 aliphatic heterocycles. The van der Waals surface area contributed by atoms with Crippen LogP contribution < -0.4 is 15.4 Å². The zero-order valence-electron chi connectivity index (χ0n) is 14.8. The Bertz CT molecular complexity index is 771. The van der Waals surface area contributed by atoms with E-state index < -0.39 is 0 Å². The van der Waals surface area contributed by atoms with Crippen LogP contribution in [0, 0.1) is 0 Å². The Morgan fingerprint density at radius 2 is 1.96 bits per heavy atom. The van der Waals surface area contributed by atoms with Gasteiger partial charge in [0.15, 0.2) is 5.96 Å². The first-order chi connectivity index (χ1) is 12.8. The molecule has 0 amide bonds. The van der Waals surface area contributed by atoms with E-state index in [9.17, 15) is 0 Å². The summed E-state index contributed by atoms with van der Waals surface area (Å²) in [5, 5.41) is 0. The van der Waals surface area contributed by atoms with E-state index in [1.54, 1.807) is 12.4 Å². The molecule has 0 radical (unpaired) electrons. The number of benzene rings is 1. The lowest BCUT2D eigenvalue weighted by Gasteiger charge is -2.35. The molecule has 0 spiro atoms. The highest BCUT2D eigenvalue weighted by Crippen LogP contribution is 2.25. The van der Waals surface area contributed by atoms with Gasteiger partial charge in [-0.1, -0.05) is 12.1 Å². The average Bonchev–Trinajstić information content (AvgIpc) is 3.16. The number of nitrogens with zero attached hydrogens (tertiary/aromatic N) is 5. The summed E-state index contributed by atoms with van der Waals surface area (Å²) >= 11 is 0. The van der Waals surface area contributed by atoms with Gasteiger partial charge >= 0.3 is 0 Å². The van der Waals surface area contributed by atoms with E-state index in [1.165, 1.54) is 11.1 Å². The Kier molecular flexibility index (Phi) is 4.86. The fraction of sp³-hybridized carbons (Fsp3) is 0.421. The van der Waals surface area contributed by atoms with Crippen LogP contribution in [0.2, 0.25) is 0 Å². The van der Waals surface area contributed by atoms with Crippen LogP contribution in [0.5, 0.6) is 5.75 Å². The highest BCUT2D eigenvalue weighted by atomic mass is 16.5. The van der Waals surface area contributed by atoms with Crippen molar-refractivity contribution in [1.82, 2.24) is 14.9 Å². The normalized spacial score (nSPS) is 17.2. The molecule has 1 aromatic carbocycles. The number of guanidine groups is 1. The number of nitrogens with two attached hydrogens (primary N) is 1. The van der Waals surface area contributed by atoms with E-state index in [4.69, 9.17) is 10.5 Å². The van der Waals surface area contributed by atoms with Crippen molar-refractivity contribution >= 4 is 11.9 Å². The topological polar surface area (TPSA) is 79.9 Å². The van der Waals surface area contributed by atoms with Gasteiger partial charge in [-0.3, -0.25) is 4.99 Å². The molecule has 0 unspecified atom stereocenters. The monoisotopic (exact) mass is 352 g/mol. The second-order valence-electron chi connectivity index (χ2n) is 6.55. The summed E-state index contributed by atoms with van der Waals surface area (Å²) in [6, 6.07) is 8.25. The van der Waals surface area contributed by atoms with E-state index in [0.717, 1.165) is 57.3 Å². The highest BCUT2D eigenvalue weighted by Gasteiger charge is 2.19. The maximum Gasteiger partial charge on any atom is 0.225 e. The van der Waals surface area contributed by atoms with Gasteiger partial charge in [-0.05, 0) is 29.7 Å².